The summed E-state index contributed by atoms with van der Waals surface area (Å²) in [6, 6.07) is 11.9. The van der Waals surface area contributed by atoms with Crippen LogP contribution in [0, 0.1) is 11.6 Å². The lowest BCUT2D eigenvalue weighted by Gasteiger charge is -2.09. The van der Waals surface area contributed by atoms with Gasteiger partial charge in [0, 0.05) is 30.7 Å². The quantitative estimate of drug-likeness (QED) is 0.745. The first-order valence-electron chi connectivity index (χ1n) is 7.65. The molecule has 5 nitrogen and oxygen atoms in total. The molecule has 0 bridgehead atoms. The van der Waals surface area contributed by atoms with Crippen molar-refractivity contribution in [2.75, 3.05) is 5.32 Å². The Morgan fingerprint density at radius 1 is 1.04 bits per heavy atom. The van der Waals surface area contributed by atoms with Crippen LogP contribution in [0.4, 0.5) is 19.3 Å². The van der Waals surface area contributed by atoms with Gasteiger partial charge < -0.3 is 10.6 Å². The third kappa shape index (κ3) is 4.87. The van der Waals surface area contributed by atoms with Gasteiger partial charge in [-0.15, -0.1) is 0 Å². The van der Waals surface area contributed by atoms with Crippen LogP contribution in [-0.2, 0) is 13.1 Å². The normalized spacial score (nSPS) is 10.5. The Balaban J connectivity index is 1.52. The van der Waals surface area contributed by atoms with Crippen molar-refractivity contribution < 1.29 is 13.6 Å². The molecule has 1 heterocycles. The lowest BCUT2D eigenvalue weighted by Crippen LogP contribution is -2.28. The molecule has 0 aliphatic heterocycles. The number of nitrogens with one attached hydrogen (secondary N) is 2. The zero-order valence-electron chi connectivity index (χ0n) is 13.2. The van der Waals surface area contributed by atoms with Gasteiger partial charge in [0.2, 0.25) is 0 Å². The number of rotatable bonds is 5. The largest absolute Gasteiger partial charge is 0.334 e. The van der Waals surface area contributed by atoms with Gasteiger partial charge in [-0.2, -0.15) is 5.10 Å². The highest BCUT2D eigenvalue weighted by Gasteiger charge is 2.05. The lowest BCUT2D eigenvalue weighted by atomic mass is 10.2. The topological polar surface area (TPSA) is 59.0 Å². The zero-order valence-corrected chi connectivity index (χ0v) is 13.2. The van der Waals surface area contributed by atoms with Crippen LogP contribution in [-0.4, -0.2) is 15.8 Å². The lowest BCUT2D eigenvalue weighted by molar-refractivity contribution is 0.251. The predicted octanol–water partition coefficient (Wildman–Crippen LogP) is 3.53. The number of aromatic nitrogens is 2. The molecule has 0 fully saturated rings. The van der Waals surface area contributed by atoms with E-state index in [0.717, 1.165) is 11.6 Å². The summed E-state index contributed by atoms with van der Waals surface area (Å²) in [5.74, 6) is -1.35. The molecule has 0 unspecified atom stereocenters. The maximum Gasteiger partial charge on any atom is 0.319 e. The SMILES string of the molecule is O=C(NCc1cc(F)cc(F)c1)Nc1ccc(Cn2cccn2)cc1. The molecule has 0 spiro atoms. The minimum absolute atomic E-state index is 0.0257. The summed E-state index contributed by atoms with van der Waals surface area (Å²) in [6.45, 7) is 0.669. The number of carbonyl (C=O) groups excluding carboxylic acids is 1. The third-order valence-electron chi connectivity index (χ3n) is 3.49. The Hall–Kier alpha value is -3.22. The number of nitrogens with zero attached hydrogens (tertiary/aromatic N) is 2. The van der Waals surface area contributed by atoms with E-state index in [2.05, 4.69) is 15.7 Å². The number of hydrogen-bond acceptors (Lipinski definition) is 2. The summed E-state index contributed by atoms with van der Waals surface area (Å²) in [5.41, 5.74) is 2.01. The van der Waals surface area contributed by atoms with E-state index in [0.29, 0.717) is 17.8 Å². The Bertz CT molecular complexity index is 828. The molecule has 0 aliphatic rings. The number of anilines is 1. The molecule has 128 valence electrons. The second-order valence-corrected chi connectivity index (χ2v) is 5.49. The van der Waals surface area contributed by atoms with E-state index < -0.39 is 17.7 Å². The van der Waals surface area contributed by atoms with E-state index in [1.807, 2.05) is 24.4 Å². The van der Waals surface area contributed by atoms with Crippen molar-refractivity contribution in [3.63, 3.8) is 0 Å². The average molecular weight is 342 g/mol. The Labute approximate surface area is 143 Å². The van der Waals surface area contributed by atoms with Gasteiger partial charge in [-0.3, -0.25) is 4.68 Å². The molecule has 0 atom stereocenters. The van der Waals surface area contributed by atoms with Gasteiger partial charge in [0.1, 0.15) is 11.6 Å². The molecule has 0 saturated carbocycles. The molecule has 0 radical (unpaired) electrons. The smallest absolute Gasteiger partial charge is 0.319 e. The van der Waals surface area contributed by atoms with Crippen LogP contribution < -0.4 is 10.6 Å². The van der Waals surface area contributed by atoms with E-state index in [-0.39, 0.29) is 6.54 Å². The van der Waals surface area contributed by atoms with Gasteiger partial charge in [-0.1, -0.05) is 12.1 Å². The monoisotopic (exact) mass is 342 g/mol. The number of benzene rings is 2. The number of halogens is 2. The van der Waals surface area contributed by atoms with Crippen molar-refractivity contribution in [1.29, 1.82) is 0 Å². The van der Waals surface area contributed by atoms with Crippen LogP contribution in [0.3, 0.4) is 0 Å². The van der Waals surface area contributed by atoms with E-state index in [4.69, 9.17) is 0 Å². The van der Waals surface area contributed by atoms with E-state index in [9.17, 15) is 13.6 Å². The average Bonchev–Trinajstić information content (AvgIpc) is 3.07. The minimum Gasteiger partial charge on any atom is -0.334 e. The van der Waals surface area contributed by atoms with Crippen molar-refractivity contribution in [2.45, 2.75) is 13.1 Å². The van der Waals surface area contributed by atoms with Gasteiger partial charge in [-0.25, -0.2) is 13.6 Å². The fraction of sp³-hybridized carbons (Fsp3) is 0.111. The number of urea groups is 1. The van der Waals surface area contributed by atoms with Crippen molar-refractivity contribution in [3.05, 3.63) is 83.7 Å². The van der Waals surface area contributed by atoms with Crippen molar-refractivity contribution in [2.24, 2.45) is 0 Å². The van der Waals surface area contributed by atoms with Gasteiger partial charge in [0.05, 0.1) is 6.54 Å². The first kappa shape index (κ1) is 16.6. The molecule has 0 aliphatic carbocycles. The third-order valence-corrected chi connectivity index (χ3v) is 3.49. The van der Waals surface area contributed by atoms with Crippen molar-refractivity contribution in [1.82, 2.24) is 15.1 Å². The molecule has 2 N–H and O–H groups in total. The van der Waals surface area contributed by atoms with Crippen LogP contribution >= 0.6 is 0 Å². The van der Waals surface area contributed by atoms with Crippen LogP contribution in [0.15, 0.2) is 60.9 Å². The van der Waals surface area contributed by atoms with E-state index in [1.54, 1.807) is 23.0 Å². The van der Waals surface area contributed by atoms with Gasteiger partial charge >= 0.3 is 6.03 Å². The first-order valence-corrected chi connectivity index (χ1v) is 7.65. The minimum atomic E-state index is -0.676. The fourth-order valence-corrected chi connectivity index (χ4v) is 2.35. The molecule has 2 aromatic carbocycles. The van der Waals surface area contributed by atoms with Crippen molar-refractivity contribution in [3.8, 4) is 0 Å². The molecule has 3 rings (SSSR count). The highest BCUT2D eigenvalue weighted by Crippen LogP contribution is 2.11. The number of hydrogen-bond donors (Lipinski definition) is 2. The molecular weight excluding hydrogens is 326 g/mol. The second kappa shape index (κ2) is 7.57. The standard InChI is InChI=1S/C18H16F2N4O/c19-15-8-14(9-16(20)10-15)11-21-18(25)23-17-4-2-13(3-5-17)12-24-7-1-6-22-24/h1-10H,11-12H2,(H2,21,23,25). The van der Waals surface area contributed by atoms with Crippen LogP contribution in [0.25, 0.3) is 0 Å². The number of amides is 2. The van der Waals surface area contributed by atoms with E-state index >= 15 is 0 Å². The Kier molecular flexibility index (Phi) is 5.03. The predicted molar refractivity (Wildman–Crippen MR) is 90.0 cm³/mol. The van der Waals surface area contributed by atoms with Crippen LogP contribution in [0.2, 0.25) is 0 Å². The molecule has 7 heteroatoms. The summed E-state index contributed by atoms with van der Waals surface area (Å²) in [6.07, 6.45) is 3.58. The summed E-state index contributed by atoms with van der Waals surface area (Å²) in [4.78, 5) is 11.9. The van der Waals surface area contributed by atoms with E-state index in [1.165, 1.54) is 12.1 Å². The van der Waals surface area contributed by atoms with Crippen LogP contribution in [0.1, 0.15) is 11.1 Å². The second-order valence-electron chi connectivity index (χ2n) is 5.49. The Morgan fingerprint density at radius 2 is 1.76 bits per heavy atom. The molecule has 0 saturated heterocycles. The summed E-state index contributed by atoms with van der Waals surface area (Å²) in [7, 11) is 0. The van der Waals surface area contributed by atoms with Crippen molar-refractivity contribution >= 4 is 11.7 Å². The molecule has 2 amide bonds. The first-order chi connectivity index (χ1) is 12.1. The fourth-order valence-electron chi connectivity index (χ4n) is 2.35. The summed E-state index contributed by atoms with van der Waals surface area (Å²) < 4.78 is 28.0. The molecule has 25 heavy (non-hydrogen) atoms. The van der Waals surface area contributed by atoms with Gasteiger partial charge in [-0.05, 0) is 41.5 Å². The highest BCUT2D eigenvalue weighted by atomic mass is 19.1. The molecule has 3 aromatic rings. The maximum atomic E-state index is 13.1. The highest BCUT2D eigenvalue weighted by molar-refractivity contribution is 5.89. The molecule has 1 aromatic heterocycles. The maximum absolute atomic E-state index is 13.1. The van der Waals surface area contributed by atoms with Gasteiger partial charge in [0.15, 0.2) is 0 Å². The molecular formula is C18H16F2N4O. The Morgan fingerprint density at radius 3 is 2.40 bits per heavy atom. The van der Waals surface area contributed by atoms with Gasteiger partial charge in [0.25, 0.3) is 0 Å². The van der Waals surface area contributed by atoms with Crippen LogP contribution in [0.5, 0.6) is 0 Å². The summed E-state index contributed by atoms with van der Waals surface area (Å²) >= 11 is 0. The zero-order chi connectivity index (χ0) is 17.6. The summed E-state index contributed by atoms with van der Waals surface area (Å²) in [5, 5.41) is 9.35. The number of carbonyl (C=O) groups is 1.